The van der Waals surface area contributed by atoms with Crippen LogP contribution in [0, 0.1) is 5.82 Å². The Kier molecular flexibility index (Phi) is 5.42. The second-order valence-corrected chi connectivity index (χ2v) is 6.26. The quantitative estimate of drug-likeness (QED) is 0.846. The summed E-state index contributed by atoms with van der Waals surface area (Å²) in [5.41, 5.74) is 5.93. The van der Waals surface area contributed by atoms with Gasteiger partial charge in [-0.05, 0) is 24.6 Å². The standard InChI is InChI=1S/C12H19FN2O3S/c1-9(8-18-3)15(2)19(16,17)12-5-4-10(7-14)6-11(12)13/h4-6,9H,7-8,14H2,1-3H3. The summed E-state index contributed by atoms with van der Waals surface area (Å²) in [4.78, 5) is -0.352. The lowest BCUT2D eigenvalue weighted by molar-refractivity contribution is 0.149. The first-order valence-corrected chi connectivity index (χ1v) is 7.24. The molecule has 0 amide bonds. The van der Waals surface area contributed by atoms with Gasteiger partial charge in [0.1, 0.15) is 10.7 Å². The van der Waals surface area contributed by atoms with Crippen molar-refractivity contribution < 1.29 is 17.5 Å². The SMILES string of the molecule is COCC(C)N(C)S(=O)(=O)c1ccc(CN)cc1F. The van der Waals surface area contributed by atoms with Crippen molar-refractivity contribution in [1.29, 1.82) is 0 Å². The van der Waals surface area contributed by atoms with Gasteiger partial charge in [0.2, 0.25) is 10.0 Å². The molecule has 0 heterocycles. The van der Waals surface area contributed by atoms with Crippen LogP contribution in [-0.2, 0) is 21.3 Å². The Bertz CT molecular complexity index is 534. The first-order chi connectivity index (χ1) is 8.84. The number of benzene rings is 1. The van der Waals surface area contributed by atoms with Crippen molar-refractivity contribution in [3.63, 3.8) is 0 Å². The van der Waals surface area contributed by atoms with Gasteiger partial charge in [0, 0.05) is 26.7 Å². The minimum Gasteiger partial charge on any atom is -0.383 e. The molecule has 0 aliphatic rings. The van der Waals surface area contributed by atoms with E-state index >= 15 is 0 Å². The second-order valence-electron chi connectivity index (χ2n) is 4.29. The van der Waals surface area contributed by atoms with Crippen LogP contribution in [0.25, 0.3) is 0 Å². The third-order valence-electron chi connectivity index (χ3n) is 2.92. The number of ether oxygens (including phenoxy) is 1. The molecular weight excluding hydrogens is 271 g/mol. The van der Waals surface area contributed by atoms with Gasteiger partial charge in [0.05, 0.1) is 6.61 Å². The molecule has 1 aromatic rings. The van der Waals surface area contributed by atoms with Crippen LogP contribution < -0.4 is 5.73 Å². The van der Waals surface area contributed by atoms with E-state index in [1.54, 1.807) is 6.92 Å². The molecular formula is C12H19FN2O3S. The summed E-state index contributed by atoms with van der Waals surface area (Å²) in [7, 11) is -1.00. The monoisotopic (exact) mass is 290 g/mol. The van der Waals surface area contributed by atoms with Crippen molar-refractivity contribution >= 4 is 10.0 Å². The van der Waals surface area contributed by atoms with Gasteiger partial charge in [-0.15, -0.1) is 0 Å². The highest BCUT2D eigenvalue weighted by atomic mass is 32.2. The van der Waals surface area contributed by atoms with Crippen LogP contribution in [0.5, 0.6) is 0 Å². The minimum absolute atomic E-state index is 0.160. The van der Waals surface area contributed by atoms with E-state index in [1.165, 1.54) is 26.3 Å². The van der Waals surface area contributed by atoms with E-state index in [1.807, 2.05) is 0 Å². The lowest BCUT2D eigenvalue weighted by atomic mass is 10.2. The lowest BCUT2D eigenvalue weighted by Crippen LogP contribution is -2.38. The number of methoxy groups -OCH3 is 1. The van der Waals surface area contributed by atoms with Gasteiger partial charge in [0.15, 0.2) is 0 Å². The molecule has 108 valence electrons. The van der Waals surface area contributed by atoms with E-state index in [0.29, 0.717) is 5.56 Å². The summed E-state index contributed by atoms with van der Waals surface area (Å²) in [6.45, 7) is 2.08. The molecule has 2 N–H and O–H groups in total. The maximum absolute atomic E-state index is 13.8. The highest BCUT2D eigenvalue weighted by Gasteiger charge is 2.28. The van der Waals surface area contributed by atoms with Crippen molar-refractivity contribution in [3.8, 4) is 0 Å². The Morgan fingerprint density at radius 3 is 2.58 bits per heavy atom. The van der Waals surface area contributed by atoms with Crippen molar-refractivity contribution in [2.75, 3.05) is 20.8 Å². The minimum atomic E-state index is -3.88. The Balaban J connectivity index is 3.13. The Morgan fingerprint density at radius 1 is 1.47 bits per heavy atom. The molecule has 1 unspecified atom stereocenters. The molecule has 0 saturated carbocycles. The van der Waals surface area contributed by atoms with Crippen molar-refractivity contribution in [3.05, 3.63) is 29.6 Å². The molecule has 0 bridgehead atoms. The topological polar surface area (TPSA) is 72.6 Å². The van der Waals surface area contributed by atoms with E-state index in [-0.39, 0.29) is 24.1 Å². The zero-order valence-corrected chi connectivity index (χ0v) is 12.1. The summed E-state index contributed by atoms with van der Waals surface area (Å²) in [5, 5.41) is 0. The maximum atomic E-state index is 13.8. The Hall–Kier alpha value is -1.02. The molecule has 19 heavy (non-hydrogen) atoms. The highest BCUT2D eigenvalue weighted by Crippen LogP contribution is 2.21. The third kappa shape index (κ3) is 3.50. The van der Waals surface area contributed by atoms with Gasteiger partial charge in [-0.25, -0.2) is 12.8 Å². The van der Waals surface area contributed by atoms with Crippen LogP contribution in [0.15, 0.2) is 23.1 Å². The molecule has 7 heteroatoms. The van der Waals surface area contributed by atoms with Gasteiger partial charge in [-0.3, -0.25) is 0 Å². The average molecular weight is 290 g/mol. The zero-order valence-electron chi connectivity index (χ0n) is 11.3. The highest BCUT2D eigenvalue weighted by molar-refractivity contribution is 7.89. The molecule has 0 radical (unpaired) electrons. The van der Waals surface area contributed by atoms with Gasteiger partial charge < -0.3 is 10.5 Å². The first-order valence-electron chi connectivity index (χ1n) is 5.80. The summed E-state index contributed by atoms with van der Waals surface area (Å²) in [6.07, 6.45) is 0. The Labute approximate surface area is 113 Å². The van der Waals surface area contributed by atoms with Gasteiger partial charge in [-0.1, -0.05) is 6.07 Å². The van der Waals surface area contributed by atoms with Crippen molar-refractivity contribution in [2.24, 2.45) is 5.73 Å². The summed E-state index contributed by atoms with van der Waals surface area (Å²) < 4.78 is 44.4. The van der Waals surface area contributed by atoms with E-state index in [2.05, 4.69) is 0 Å². The number of hydrogen-bond acceptors (Lipinski definition) is 4. The van der Waals surface area contributed by atoms with Crippen LogP contribution in [-0.4, -0.2) is 39.5 Å². The summed E-state index contributed by atoms with van der Waals surface area (Å²) in [5.74, 6) is -0.792. The zero-order chi connectivity index (χ0) is 14.6. The smallest absolute Gasteiger partial charge is 0.246 e. The lowest BCUT2D eigenvalue weighted by Gasteiger charge is -2.23. The molecule has 0 aliphatic heterocycles. The van der Waals surface area contributed by atoms with E-state index in [9.17, 15) is 12.8 Å². The van der Waals surface area contributed by atoms with Gasteiger partial charge in [0.25, 0.3) is 0 Å². The number of halogens is 1. The molecule has 5 nitrogen and oxygen atoms in total. The fraction of sp³-hybridized carbons (Fsp3) is 0.500. The predicted octanol–water partition coefficient (Wildman–Crippen LogP) is 0.940. The van der Waals surface area contributed by atoms with Crippen LogP contribution in [0.2, 0.25) is 0 Å². The second kappa shape index (κ2) is 6.42. The number of rotatable bonds is 6. The predicted molar refractivity (Wildman–Crippen MR) is 70.6 cm³/mol. The van der Waals surface area contributed by atoms with Crippen molar-refractivity contribution in [2.45, 2.75) is 24.4 Å². The maximum Gasteiger partial charge on any atom is 0.246 e. The molecule has 1 rings (SSSR count). The van der Waals surface area contributed by atoms with E-state index in [4.69, 9.17) is 10.5 Å². The van der Waals surface area contributed by atoms with Crippen LogP contribution in [0.3, 0.4) is 0 Å². The largest absolute Gasteiger partial charge is 0.383 e. The van der Waals surface area contributed by atoms with Crippen LogP contribution >= 0.6 is 0 Å². The van der Waals surface area contributed by atoms with Gasteiger partial charge >= 0.3 is 0 Å². The normalized spacial score (nSPS) is 13.8. The molecule has 0 fully saturated rings. The average Bonchev–Trinajstić information content (AvgIpc) is 2.37. The number of nitrogens with zero attached hydrogens (tertiary/aromatic N) is 1. The number of hydrogen-bond donors (Lipinski definition) is 1. The number of sulfonamides is 1. The van der Waals surface area contributed by atoms with Crippen LogP contribution in [0.4, 0.5) is 4.39 Å². The third-order valence-corrected chi connectivity index (χ3v) is 4.92. The van der Waals surface area contributed by atoms with Gasteiger partial charge in [-0.2, -0.15) is 4.31 Å². The van der Waals surface area contributed by atoms with E-state index in [0.717, 1.165) is 10.4 Å². The summed E-state index contributed by atoms with van der Waals surface area (Å²) >= 11 is 0. The van der Waals surface area contributed by atoms with Crippen molar-refractivity contribution in [1.82, 2.24) is 4.31 Å². The Morgan fingerprint density at radius 2 is 2.11 bits per heavy atom. The molecule has 0 saturated heterocycles. The number of nitrogens with two attached hydrogens (primary N) is 1. The number of likely N-dealkylation sites (N-methyl/N-ethyl adjacent to an activating group) is 1. The molecule has 0 aliphatic carbocycles. The molecule has 1 aromatic carbocycles. The fourth-order valence-electron chi connectivity index (χ4n) is 1.62. The first kappa shape index (κ1) is 16.0. The molecule has 1 atom stereocenters. The molecule has 0 spiro atoms. The fourth-order valence-corrected chi connectivity index (χ4v) is 3.01. The van der Waals surface area contributed by atoms with Crippen LogP contribution in [0.1, 0.15) is 12.5 Å². The van der Waals surface area contributed by atoms with E-state index < -0.39 is 15.8 Å². The summed E-state index contributed by atoms with van der Waals surface area (Å²) in [6, 6.07) is 3.50. The molecule has 0 aromatic heterocycles.